The zero-order chi connectivity index (χ0) is 8.97. The second-order valence-corrected chi connectivity index (χ2v) is 2.79. The van der Waals surface area contributed by atoms with Gasteiger partial charge in [0.2, 0.25) is 0 Å². The zero-order valence-electron chi connectivity index (χ0n) is 5.93. The van der Waals surface area contributed by atoms with Crippen molar-refractivity contribution in [2.24, 2.45) is 0 Å². The fourth-order valence-corrected chi connectivity index (χ4v) is 1.11. The molecule has 1 aromatic rings. The van der Waals surface area contributed by atoms with E-state index < -0.39 is 5.97 Å². The summed E-state index contributed by atoms with van der Waals surface area (Å²) in [6.07, 6.45) is 3.22. The first kappa shape index (κ1) is 8.61. The molecule has 0 atom stereocenters. The highest BCUT2D eigenvalue weighted by Crippen LogP contribution is 2.06. The molecule has 0 bridgehead atoms. The van der Waals surface area contributed by atoms with Crippen molar-refractivity contribution < 1.29 is 14.7 Å². The van der Waals surface area contributed by atoms with Crippen molar-refractivity contribution in [3.05, 3.63) is 28.7 Å². The van der Waals surface area contributed by atoms with Crippen LogP contribution >= 0.6 is 11.3 Å². The summed E-state index contributed by atoms with van der Waals surface area (Å²) in [4.78, 5) is 25.2. The van der Waals surface area contributed by atoms with Crippen molar-refractivity contribution in [2.75, 3.05) is 0 Å². The van der Waals surface area contributed by atoms with Gasteiger partial charge in [-0.3, -0.25) is 9.78 Å². The lowest BCUT2D eigenvalue weighted by atomic mass is 10.3. The molecule has 0 unspecified atom stereocenters. The van der Waals surface area contributed by atoms with Gasteiger partial charge in [-0.25, -0.2) is 4.79 Å². The smallest absolute Gasteiger partial charge is 0.328 e. The van der Waals surface area contributed by atoms with Crippen molar-refractivity contribution in [1.82, 2.24) is 4.98 Å². The Labute approximate surface area is 72.2 Å². The maximum atomic E-state index is 11.0. The Morgan fingerprint density at radius 2 is 2.25 bits per heavy atom. The molecule has 1 heterocycles. The zero-order valence-corrected chi connectivity index (χ0v) is 6.75. The Hall–Kier alpha value is -1.49. The summed E-state index contributed by atoms with van der Waals surface area (Å²) in [5, 5.41) is 8.21. The standard InChI is InChI=1S/C7H5NO3S/c9-5(1-2-7(10)11)6-3-8-4-12-6/h1-4H,(H,10,11)/b2-1+. The minimum Gasteiger partial charge on any atom is -0.478 e. The maximum Gasteiger partial charge on any atom is 0.328 e. The van der Waals surface area contributed by atoms with Gasteiger partial charge < -0.3 is 5.11 Å². The highest BCUT2D eigenvalue weighted by molar-refractivity contribution is 7.11. The Morgan fingerprint density at radius 3 is 2.75 bits per heavy atom. The molecule has 0 spiro atoms. The third-order valence-electron chi connectivity index (χ3n) is 1.05. The van der Waals surface area contributed by atoms with Crippen LogP contribution in [0.4, 0.5) is 0 Å². The van der Waals surface area contributed by atoms with Gasteiger partial charge in [0.25, 0.3) is 0 Å². The number of carboxylic acid groups (broad SMARTS) is 1. The number of carbonyl (C=O) groups is 2. The first-order valence-electron chi connectivity index (χ1n) is 3.04. The number of aliphatic carboxylic acids is 1. The van der Waals surface area contributed by atoms with Gasteiger partial charge in [0.15, 0.2) is 5.78 Å². The molecule has 5 heteroatoms. The largest absolute Gasteiger partial charge is 0.478 e. The Bertz CT molecular complexity index is 315. The lowest BCUT2D eigenvalue weighted by Crippen LogP contribution is -1.93. The predicted molar refractivity (Wildman–Crippen MR) is 43.2 cm³/mol. The average Bonchev–Trinajstić information content (AvgIpc) is 2.51. The van der Waals surface area contributed by atoms with Gasteiger partial charge in [-0.15, -0.1) is 11.3 Å². The summed E-state index contributed by atoms with van der Waals surface area (Å²) in [6, 6.07) is 0. The summed E-state index contributed by atoms with van der Waals surface area (Å²) in [5.41, 5.74) is 1.52. The Balaban J connectivity index is 2.68. The van der Waals surface area contributed by atoms with E-state index in [4.69, 9.17) is 5.11 Å². The molecule has 0 aliphatic heterocycles. The van der Waals surface area contributed by atoms with Crippen LogP contribution in [0, 0.1) is 0 Å². The van der Waals surface area contributed by atoms with E-state index in [0.717, 1.165) is 12.2 Å². The third kappa shape index (κ3) is 2.28. The van der Waals surface area contributed by atoms with Gasteiger partial charge >= 0.3 is 5.97 Å². The number of allylic oxidation sites excluding steroid dienone is 1. The van der Waals surface area contributed by atoms with Gasteiger partial charge in [-0.05, 0) is 6.08 Å². The number of ketones is 1. The number of rotatable bonds is 3. The van der Waals surface area contributed by atoms with Crippen molar-refractivity contribution in [3.63, 3.8) is 0 Å². The molecule has 0 saturated carbocycles. The van der Waals surface area contributed by atoms with Gasteiger partial charge in [-0.1, -0.05) is 0 Å². The van der Waals surface area contributed by atoms with Gasteiger partial charge in [0, 0.05) is 12.3 Å². The molecule has 0 aromatic carbocycles. The number of hydrogen-bond donors (Lipinski definition) is 1. The normalized spacial score (nSPS) is 10.3. The molecule has 1 rings (SSSR count). The summed E-state index contributed by atoms with van der Waals surface area (Å²) < 4.78 is 0. The number of carbonyl (C=O) groups excluding carboxylic acids is 1. The lowest BCUT2D eigenvalue weighted by molar-refractivity contribution is -0.131. The molecule has 0 amide bonds. The van der Waals surface area contributed by atoms with Crippen LogP contribution in [0.15, 0.2) is 23.9 Å². The second kappa shape index (κ2) is 3.77. The van der Waals surface area contributed by atoms with E-state index in [-0.39, 0.29) is 5.78 Å². The lowest BCUT2D eigenvalue weighted by Gasteiger charge is -1.83. The van der Waals surface area contributed by atoms with Crippen molar-refractivity contribution in [2.45, 2.75) is 0 Å². The number of aromatic nitrogens is 1. The molecule has 0 aliphatic rings. The van der Waals surface area contributed by atoms with E-state index in [1.54, 1.807) is 0 Å². The highest BCUT2D eigenvalue weighted by atomic mass is 32.1. The van der Waals surface area contributed by atoms with Crippen LogP contribution in [0.25, 0.3) is 0 Å². The van der Waals surface area contributed by atoms with Crippen molar-refractivity contribution in [1.29, 1.82) is 0 Å². The highest BCUT2D eigenvalue weighted by Gasteiger charge is 2.02. The number of thiazole rings is 1. The Kier molecular flexibility index (Phi) is 2.71. The van der Waals surface area contributed by atoms with E-state index in [2.05, 4.69) is 4.98 Å². The molecule has 0 radical (unpaired) electrons. The molecule has 4 nitrogen and oxygen atoms in total. The molecular formula is C7H5NO3S. The maximum absolute atomic E-state index is 11.0. The quantitative estimate of drug-likeness (QED) is 0.560. The monoisotopic (exact) mass is 183 g/mol. The van der Waals surface area contributed by atoms with E-state index in [9.17, 15) is 9.59 Å². The predicted octanol–water partition coefficient (Wildman–Crippen LogP) is 0.967. The molecule has 1 aromatic heterocycles. The average molecular weight is 183 g/mol. The molecule has 62 valence electrons. The van der Waals surface area contributed by atoms with Crippen molar-refractivity contribution >= 4 is 23.1 Å². The number of nitrogens with zero attached hydrogens (tertiary/aromatic N) is 1. The Morgan fingerprint density at radius 1 is 1.50 bits per heavy atom. The topological polar surface area (TPSA) is 67.3 Å². The summed E-state index contributed by atoms with van der Waals surface area (Å²) in [7, 11) is 0. The van der Waals surface area contributed by atoms with Crippen LogP contribution in [0.1, 0.15) is 9.67 Å². The number of carboxylic acids is 1. The van der Waals surface area contributed by atoms with Crippen LogP contribution < -0.4 is 0 Å². The van der Waals surface area contributed by atoms with Crippen LogP contribution in [-0.4, -0.2) is 21.8 Å². The number of hydrogen-bond acceptors (Lipinski definition) is 4. The van der Waals surface area contributed by atoms with E-state index >= 15 is 0 Å². The summed E-state index contributed by atoms with van der Waals surface area (Å²) >= 11 is 1.18. The van der Waals surface area contributed by atoms with Gasteiger partial charge in [0.1, 0.15) is 0 Å². The summed E-state index contributed by atoms with van der Waals surface area (Å²) in [6.45, 7) is 0. The van der Waals surface area contributed by atoms with Crippen LogP contribution in [0.2, 0.25) is 0 Å². The third-order valence-corrected chi connectivity index (χ3v) is 1.84. The molecule has 0 fully saturated rings. The van der Waals surface area contributed by atoms with Crippen molar-refractivity contribution in [3.8, 4) is 0 Å². The van der Waals surface area contributed by atoms with E-state index in [1.165, 1.54) is 23.0 Å². The SMILES string of the molecule is O=C(O)/C=C/C(=O)c1cncs1. The fourth-order valence-electron chi connectivity index (χ4n) is 0.567. The molecule has 0 saturated heterocycles. The molecule has 12 heavy (non-hydrogen) atoms. The molecule has 0 aliphatic carbocycles. The van der Waals surface area contributed by atoms with Crippen LogP contribution in [0.3, 0.4) is 0 Å². The summed E-state index contributed by atoms with van der Waals surface area (Å²) in [5.74, 6) is -1.47. The first-order chi connectivity index (χ1) is 5.70. The molecular weight excluding hydrogens is 178 g/mol. The minimum atomic E-state index is -1.13. The fraction of sp³-hybridized carbons (Fsp3) is 0. The first-order valence-corrected chi connectivity index (χ1v) is 3.92. The van der Waals surface area contributed by atoms with E-state index in [0.29, 0.717) is 4.88 Å². The minimum absolute atomic E-state index is 0.333. The van der Waals surface area contributed by atoms with E-state index in [1.807, 2.05) is 0 Å². The van der Waals surface area contributed by atoms with Gasteiger partial charge in [-0.2, -0.15) is 0 Å². The van der Waals surface area contributed by atoms with Gasteiger partial charge in [0.05, 0.1) is 10.4 Å². The second-order valence-electron chi connectivity index (χ2n) is 1.90. The van der Waals surface area contributed by atoms with Crippen LogP contribution in [-0.2, 0) is 4.79 Å². The van der Waals surface area contributed by atoms with Crippen LogP contribution in [0.5, 0.6) is 0 Å². The molecule has 1 N–H and O–H groups in total.